The van der Waals surface area contributed by atoms with Gasteiger partial charge in [0, 0.05) is 54.1 Å². The van der Waals surface area contributed by atoms with Crippen LogP contribution >= 0.6 is 23.4 Å². The lowest BCUT2D eigenvalue weighted by molar-refractivity contribution is -0.137. The van der Waals surface area contributed by atoms with E-state index in [4.69, 9.17) is 11.6 Å². The number of piperazine rings is 1. The highest BCUT2D eigenvalue weighted by molar-refractivity contribution is 7.99. The van der Waals surface area contributed by atoms with Gasteiger partial charge < -0.3 is 10.0 Å². The Morgan fingerprint density at radius 2 is 1.75 bits per heavy atom. The second-order valence-corrected chi connectivity index (χ2v) is 8.29. The summed E-state index contributed by atoms with van der Waals surface area (Å²) in [4.78, 5) is 4.95. The maximum Gasteiger partial charge on any atom is 0.416 e. The SMILES string of the molecule is O[C@H](CSc1cccc(C(F)(F)F)c1)CN1CCN(c2cccc(Cl)c2)CC1. The summed E-state index contributed by atoms with van der Waals surface area (Å²) in [6.45, 7) is 3.83. The Bertz CT molecular complexity index is 782. The first-order chi connectivity index (χ1) is 13.3. The molecule has 1 fully saturated rings. The molecule has 0 aromatic heterocycles. The number of thioether (sulfide) groups is 1. The molecule has 8 heteroatoms. The third kappa shape index (κ3) is 6.04. The number of anilines is 1. The zero-order valence-corrected chi connectivity index (χ0v) is 16.8. The minimum atomic E-state index is -4.35. The summed E-state index contributed by atoms with van der Waals surface area (Å²) in [7, 11) is 0. The molecule has 1 N–H and O–H groups in total. The fourth-order valence-electron chi connectivity index (χ4n) is 3.17. The fraction of sp³-hybridized carbons (Fsp3) is 0.400. The van der Waals surface area contributed by atoms with Gasteiger partial charge >= 0.3 is 6.18 Å². The molecule has 1 saturated heterocycles. The van der Waals surface area contributed by atoms with E-state index < -0.39 is 17.8 Å². The van der Waals surface area contributed by atoms with E-state index in [-0.39, 0.29) is 0 Å². The second kappa shape index (κ2) is 9.39. The van der Waals surface area contributed by atoms with Gasteiger partial charge in [0.1, 0.15) is 0 Å². The van der Waals surface area contributed by atoms with E-state index in [0.29, 0.717) is 22.2 Å². The first kappa shape index (κ1) is 21.3. The third-order valence-electron chi connectivity index (χ3n) is 4.62. The van der Waals surface area contributed by atoms with E-state index in [0.717, 1.165) is 44.0 Å². The largest absolute Gasteiger partial charge is 0.416 e. The van der Waals surface area contributed by atoms with Crippen molar-refractivity contribution < 1.29 is 18.3 Å². The Morgan fingerprint density at radius 3 is 2.43 bits per heavy atom. The molecule has 0 saturated carbocycles. The molecule has 0 unspecified atom stereocenters. The van der Waals surface area contributed by atoms with Crippen LogP contribution in [0.15, 0.2) is 53.4 Å². The van der Waals surface area contributed by atoms with E-state index in [2.05, 4.69) is 9.80 Å². The predicted octanol–water partition coefficient (Wildman–Crippen LogP) is 4.63. The van der Waals surface area contributed by atoms with Gasteiger partial charge in [0.25, 0.3) is 0 Å². The zero-order valence-electron chi connectivity index (χ0n) is 15.2. The summed E-state index contributed by atoms with van der Waals surface area (Å²) >= 11 is 7.29. The number of rotatable bonds is 6. The molecular formula is C20H22ClF3N2OS. The van der Waals surface area contributed by atoms with Crippen molar-refractivity contribution in [2.24, 2.45) is 0 Å². The van der Waals surface area contributed by atoms with Crippen molar-refractivity contribution >= 4 is 29.1 Å². The van der Waals surface area contributed by atoms with E-state index in [1.54, 1.807) is 6.07 Å². The molecule has 0 aliphatic carbocycles. The first-order valence-corrected chi connectivity index (χ1v) is 10.4. The number of halogens is 4. The molecule has 0 spiro atoms. The highest BCUT2D eigenvalue weighted by atomic mass is 35.5. The van der Waals surface area contributed by atoms with Crippen LogP contribution in [0.2, 0.25) is 5.02 Å². The molecule has 0 amide bonds. The molecule has 28 heavy (non-hydrogen) atoms. The fourth-order valence-corrected chi connectivity index (χ4v) is 4.23. The molecule has 0 radical (unpaired) electrons. The molecular weight excluding hydrogens is 409 g/mol. The monoisotopic (exact) mass is 430 g/mol. The molecule has 1 heterocycles. The summed E-state index contributed by atoms with van der Waals surface area (Å²) < 4.78 is 38.3. The molecule has 2 aromatic rings. The van der Waals surface area contributed by atoms with Crippen LogP contribution in [0.1, 0.15) is 5.56 Å². The van der Waals surface area contributed by atoms with E-state index >= 15 is 0 Å². The van der Waals surface area contributed by atoms with Crippen LogP contribution in [-0.2, 0) is 6.18 Å². The van der Waals surface area contributed by atoms with Gasteiger partial charge in [-0.3, -0.25) is 4.90 Å². The average molecular weight is 431 g/mol. The van der Waals surface area contributed by atoms with Crippen molar-refractivity contribution in [3.63, 3.8) is 0 Å². The molecule has 152 valence electrons. The summed E-state index contributed by atoms with van der Waals surface area (Å²) in [5.74, 6) is 0.357. The summed E-state index contributed by atoms with van der Waals surface area (Å²) in [6.07, 6.45) is -4.95. The summed E-state index contributed by atoms with van der Waals surface area (Å²) in [6, 6.07) is 13.0. The van der Waals surface area contributed by atoms with Crippen molar-refractivity contribution in [3.8, 4) is 0 Å². The zero-order chi connectivity index (χ0) is 20.1. The summed E-state index contributed by atoms with van der Waals surface area (Å²) in [5.41, 5.74) is 0.428. The van der Waals surface area contributed by atoms with E-state index in [9.17, 15) is 18.3 Å². The van der Waals surface area contributed by atoms with Crippen LogP contribution < -0.4 is 4.90 Å². The molecule has 2 aromatic carbocycles. The van der Waals surface area contributed by atoms with Gasteiger partial charge in [-0.1, -0.05) is 23.7 Å². The molecule has 1 atom stereocenters. The lowest BCUT2D eigenvalue weighted by atomic mass is 10.2. The van der Waals surface area contributed by atoms with Crippen molar-refractivity contribution in [3.05, 3.63) is 59.1 Å². The van der Waals surface area contributed by atoms with Crippen LogP contribution in [0.3, 0.4) is 0 Å². The Hall–Kier alpha value is -1.41. The van der Waals surface area contributed by atoms with Gasteiger partial charge in [0.15, 0.2) is 0 Å². The molecule has 3 nitrogen and oxygen atoms in total. The van der Waals surface area contributed by atoms with Crippen LogP contribution in [0.25, 0.3) is 0 Å². The number of nitrogens with zero attached hydrogens (tertiary/aromatic N) is 2. The minimum Gasteiger partial charge on any atom is -0.391 e. The molecule has 3 rings (SSSR count). The molecule has 1 aliphatic rings. The number of aliphatic hydroxyl groups excluding tert-OH is 1. The van der Waals surface area contributed by atoms with Gasteiger partial charge in [-0.05, 0) is 36.4 Å². The normalized spacial score (nSPS) is 17.0. The number of aliphatic hydroxyl groups is 1. The minimum absolute atomic E-state index is 0.357. The van der Waals surface area contributed by atoms with Crippen LogP contribution in [0.5, 0.6) is 0 Å². The Morgan fingerprint density at radius 1 is 1.04 bits per heavy atom. The maximum atomic E-state index is 12.8. The number of benzene rings is 2. The Balaban J connectivity index is 1.44. The Labute approximate surface area is 172 Å². The lowest BCUT2D eigenvalue weighted by Gasteiger charge is -2.37. The van der Waals surface area contributed by atoms with E-state index in [1.807, 2.05) is 24.3 Å². The number of β-amino-alcohol motifs (C(OH)–C–C–N with tert-alkyl or cyclic N) is 1. The van der Waals surface area contributed by atoms with Crippen molar-refractivity contribution in [1.29, 1.82) is 0 Å². The van der Waals surface area contributed by atoms with Crippen LogP contribution in [0, 0.1) is 0 Å². The van der Waals surface area contributed by atoms with Crippen molar-refractivity contribution in [2.75, 3.05) is 43.4 Å². The van der Waals surface area contributed by atoms with Crippen LogP contribution in [0.4, 0.5) is 18.9 Å². The van der Waals surface area contributed by atoms with Crippen molar-refractivity contribution in [1.82, 2.24) is 4.90 Å². The average Bonchev–Trinajstić information content (AvgIpc) is 2.66. The quantitative estimate of drug-likeness (QED) is 0.676. The van der Waals surface area contributed by atoms with Crippen molar-refractivity contribution in [2.45, 2.75) is 17.2 Å². The second-order valence-electron chi connectivity index (χ2n) is 6.76. The third-order valence-corrected chi connectivity index (χ3v) is 5.99. The lowest BCUT2D eigenvalue weighted by Crippen LogP contribution is -2.48. The first-order valence-electron chi connectivity index (χ1n) is 9.02. The van der Waals surface area contributed by atoms with E-state index in [1.165, 1.54) is 17.8 Å². The molecule has 1 aliphatic heterocycles. The van der Waals surface area contributed by atoms with Gasteiger partial charge in [-0.2, -0.15) is 13.2 Å². The highest BCUT2D eigenvalue weighted by Crippen LogP contribution is 2.32. The molecule has 0 bridgehead atoms. The maximum absolute atomic E-state index is 12.8. The summed E-state index contributed by atoms with van der Waals surface area (Å²) in [5, 5.41) is 11.0. The number of hydrogen-bond acceptors (Lipinski definition) is 4. The predicted molar refractivity (Wildman–Crippen MR) is 108 cm³/mol. The van der Waals surface area contributed by atoms with Gasteiger partial charge in [0.2, 0.25) is 0 Å². The standard InChI is InChI=1S/C20H22ClF3N2OS/c21-16-4-2-5-17(12-16)26-9-7-25(8-10-26)13-18(27)14-28-19-6-1-3-15(11-19)20(22,23)24/h1-6,11-12,18,27H,7-10,13-14H2/t18-/m0/s1. The van der Waals surface area contributed by atoms with Gasteiger partial charge in [-0.25, -0.2) is 0 Å². The smallest absolute Gasteiger partial charge is 0.391 e. The number of alkyl halides is 3. The van der Waals surface area contributed by atoms with Gasteiger partial charge in [-0.15, -0.1) is 11.8 Å². The number of hydrogen-bond donors (Lipinski definition) is 1. The Kier molecular flexibility index (Phi) is 7.15. The van der Waals surface area contributed by atoms with Crippen LogP contribution in [-0.4, -0.2) is 54.6 Å². The topological polar surface area (TPSA) is 26.7 Å². The highest BCUT2D eigenvalue weighted by Gasteiger charge is 2.30. The van der Waals surface area contributed by atoms with Gasteiger partial charge in [0.05, 0.1) is 11.7 Å².